The minimum absolute atomic E-state index is 0.00561. The molecule has 2 nitrogen and oxygen atoms in total. The van der Waals surface area contributed by atoms with E-state index in [-0.39, 0.29) is 12.1 Å². The van der Waals surface area contributed by atoms with Gasteiger partial charge in [-0.1, -0.05) is 6.58 Å². The van der Waals surface area contributed by atoms with E-state index in [0.717, 1.165) is 5.57 Å². The van der Waals surface area contributed by atoms with E-state index in [1.165, 1.54) is 0 Å². The number of rotatable bonds is 6. The zero-order valence-electron chi connectivity index (χ0n) is 9.07. The Labute approximate surface area is 84.3 Å². The third-order valence-corrected chi connectivity index (χ3v) is 1.42. The van der Waals surface area contributed by atoms with Crippen LogP contribution in [0.15, 0.2) is 12.2 Å². The predicted molar refractivity (Wildman–Crippen MR) is 53.7 cm³/mol. The summed E-state index contributed by atoms with van der Waals surface area (Å²) in [4.78, 5) is 0. The molecule has 84 valence electrons. The molecule has 0 bridgehead atoms. The van der Waals surface area contributed by atoms with Crippen LogP contribution >= 0.6 is 0 Å². The molecule has 0 aliphatic rings. The highest BCUT2D eigenvalue weighted by atomic mass is 19.3. The quantitative estimate of drug-likeness (QED) is 0.674. The summed E-state index contributed by atoms with van der Waals surface area (Å²) in [6.07, 6.45) is -2.40. The molecule has 0 saturated carbocycles. The van der Waals surface area contributed by atoms with Crippen LogP contribution < -0.4 is 5.32 Å². The Hall–Kier alpha value is -0.480. The van der Waals surface area contributed by atoms with Crippen molar-refractivity contribution >= 4 is 0 Å². The van der Waals surface area contributed by atoms with E-state index in [4.69, 9.17) is 4.74 Å². The molecule has 0 amide bonds. The normalized spacial score (nSPS) is 12.1. The predicted octanol–water partition coefficient (Wildman–Crippen LogP) is 2.21. The molecule has 0 fully saturated rings. The first-order chi connectivity index (χ1) is 6.31. The van der Waals surface area contributed by atoms with Crippen molar-refractivity contribution in [3.8, 4) is 0 Å². The Morgan fingerprint density at radius 1 is 1.43 bits per heavy atom. The summed E-state index contributed by atoms with van der Waals surface area (Å²) in [5, 5.41) is 3.19. The first-order valence-corrected chi connectivity index (χ1v) is 4.59. The Balaban J connectivity index is 3.47. The Bertz CT molecular complexity index is 175. The molecule has 0 aromatic carbocycles. The third kappa shape index (κ3) is 9.61. The largest absolute Gasteiger partial charge is 0.371 e. The fraction of sp³-hybridized carbons (Fsp3) is 0.800. The Morgan fingerprint density at radius 3 is 2.43 bits per heavy atom. The molecule has 0 heterocycles. The Kier molecular flexibility index (Phi) is 5.88. The van der Waals surface area contributed by atoms with E-state index < -0.39 is 13.0 Å². The zero-order valence-corrected chi connectivity index (χ0v) is 9.07. The molecule has 0 radical (unpaired) electrons. The average molecular weight is 207 g/mol. The molecule has 0 saturated heterocycles. The molecule has 0 rings (SSSR count). The van der Waals surface area contributed by atoms with E-state index in [9.17, 15) is 8.78 Å². The van der Waals surface area contributed by atoms with Gasteiger partial charge in [-0.25, -0.2) is 8.78 Å². The maximum atomic E-state index is 11.7. The van der Waals surface area contributed by atoms with Gasteiger partial charge in [-0.15, -0.1) is 0 Å². The van der Waals surface area contributed by atoms with Crippen molar-refractivity contribution in [2.75, 3.05) is 19.8 Å². The fourth-order valence-corrected chi connectivity index (χ4v) is 0.734. The van der Waals surface area contributed by atoms with Crippen molar-refractivity contribution in [2.24, 2.45) is 0 Å². The highest BCUT2D eigenvalue weighted by Crippen LogP contribution is 2.01. The van der Waals surface area contributed by atoms with Gasteiger partial charge < -0.3 is 10.1 Å². The van der Waals surface area contributed by atoms with Gasteiger partial charge in [0.25, 0.3) is 6.43 Å². The second-order valence-electron chi connectivity index (χ2n) is 4.26. The Morgan fingerprint density at radius 2 is 2.00 bits per heavy atom. The molecule has 14 heavy (non-hydrogen) atoms. The molecule has 0 aliphatic heterocycles. The van der Waals surface area contributed by atoms with Crippen LogP contribution in [-0.4, -0.2) is 31.7 Å². The van der Waals surface area contributed by atoms with Gasteiger partial charge in [-0.2, -0.15) is 0 Å². The van der Waals surface area contributed by atoms with Crippen LogP contribution in [0.2, 0.25) is 0 Å². The van der Waals surface area contributed by atoms with Crippen LogP contribution in [0.5, 0.6) is 0 Å². The second kappa shape index (κ2) is 6.09. The minimum atomic E-state index is -2.40. The van der Waals surface area contributed by atoms with Crippen LogP contribution in [-0.2, 0) is 4.74 Å². The van der Waals surface area contributed by atoms with E-state index >= 15 is 0 Å². The van der Waals surface area contributed by atoms with Crippen molar-refractivity contribution in [1.82, 2.24) is 5.32 Å². The smallest absolute Gasteiger partial charge is 0.261 e. The van der Waals surface area contributed by atoms with Crippen molar-refractivity contribution in [1.29, 1.82) is 0 Å². The second-order valence-corrected chi connectivity index (χ2v) is 4.26. The lowest BCUT2D eigenvalue weighted by atomic mass is 10.1. The van der Waals surface area contributed by atoms with Gasteiger partial charge in [0.2, 0.25) is 0 Å². The fourth-order valence-electron chi connectivity index (χ4n) is 0.734. The van der Waals surface area contributed by atoms with Gasteiger partial charge in [0.15, 0.2) is 0 Å². The molecule has 1 N–H and O–H groups in total. The number of nitrogens with one attached hydrogen (secondary N) is 1. The molecule has 4 heteroatoms. The van der Waals surface area contributed by atoms with Crippen LogP contribution in [0.1, 0.15) is 20.8 Å². The van der Waals surface area contributed by atoms with Crippen molar-refractivity contribution in [3.05, 3.63) is 12.2 Å². The average Bonchev–Trinajstić information content (AvgIpc) is 1.99. The minimum Gasteiger partial charge on any atom is -0.371 e. The van der Waals surface area contributed by atoms with E-state index in [0.29, 0.717) is 6.54 Å². The molecule has 0 aromatic rings. The number of hydrogen-bond acceptors (Lipinski definition) is 2. The maximum absolute atomic E-state index is 11.7. The lowest BCUT2D eigenvalue weighted by Gasteiger charge is -2.21. The summed E-state index contributed by atoms with van der Waals surface area (Å²) in [6, 6.07) is 0. The van der Waals surface area contributed by atoms with Crippen LogP contribution in [0.25, 0.3) is 0 Å². The lowest BCUT2D eigenvalue weighted by molar-refractivity contribution is 0.0259. The van der Waals surface area contributed by atoms with E-state index in [2.05, 4.69) is 11.9 Å². The molecule has 0 spiro atoms. The highest BCUT2D eigenvalue weighted by Gasteiger charge is 2.09. The zero-order chi connectivity index (χ0) is 11.2. The molecular formula is C10H19F2NO. The van der Waals surface area contributed by atoms with Gasteiger partial charge in [-0.05, 0) is 26.3 Å². The van der Waals surface area contributed by atoms with Crippen LogP contribution in [0.4, 0.5) is 8.78 Å². The summed E-state index contributed by atoms with van der Waals surface area (Å²) < 4.78 is 28.1. The highest BCUT2D eigenvalue weighted by molar-refractivity contribution is 4.98. The van der Waals surface area contributed by atoms with Gasteiger partial charge in [0.1, 0.15) is 6.61 Å². The standard InChI is InChI=1S/C10H19F2NO/c1-8(5-13-10(2,3)4)6-14-7-9(11)12/h9,13H,1,5-7H2,2-4H3. The first kappa shape index (κ1) is 13.5. The molecular weight excluding hydrogens is 188 g/mol. The SMILES string of the molecule is C=C(CNC(C)(C)C)COCC(F)F. The molecule has 0 atom stereocenters. The lowest BCUT2D eigenvalue weighted by Crippen LogP contribution is -2.37. The van der Waals surface area contributed by atoms with Gasteiger partial charge >= 0.3 is 0 Å². The first-order valence-electron chi connectivity index (χ1n) is 4.59. The third-order valence-electron chi connectivity index (χ3n) is 1.42. The topological polar surface area (TPSA) is 21.3 Å². The van der Waals surface area contributed by atoms with Gasteiger partial charge in [0, 0.05) is 12.1 Å². The monoisotopic (exact) mass is 207 g/mol. The van der Waals surface area contributed by atoms with Gasteiger partial charge in [-0.3, -0.25) is 0 Å². The van der Waals surface area contributed by atoms with Gasteiger partial charge in [0.05, 0.1) is 6.61 Å². The summed E-state index contributed by atoms with van der Waals surface area (Å²) >= 11 is 0. The number of ether oxygens (including phenoxy) is 1. The molecule has 0 aliphatic carbocycles. The summed E-state index contributed by atoms with van der Waals surface area (Å²) in [7, 11) is 0. The molecule has 0 unspecified atom stereocenters. The maximum Gasteiger partial charge on any atom is 0.261 e. The van der Waals surface area contributed by atoms with Crippen molar-refractivity contribution in [3.63, 3.8) is 0 Å². The summed E-state index contributed by atoms with van der Waals surface area (Å²) in [5.74, 6) is 0. The van der Waals surface area contributed by atoms with E-state index in [1.54, 1.807) is 0 Å². The molecule has 0 aromatic heterocycles. The number of alkyl halides is 2. The van der Waals surface area contributed by atoms with Crippen molar-refractivity contribution < 1.29 is 13.5 Å². The van der Waals surface area contributed by atoms with Crippen LogP contribution in [0, 0.1) is 0 Å². The summed E-state index contributed by atoms with van der Waals surface area (Å²) in [6.45, 7) is 10.1. The van der Waals surface area contributed by atoms with Crippen LogP contribution in [0.3, 0.4) is 0 Å². The van der Waals surface area contributed by atoms with E-state index in [1.807, 2.05) is 20.8 Å². The number of halogens is 2. The summed E-state index contributed by atoms with van der Waals surface area (Å²) in [5.41, 5.74) is 0.784. The number of hydrogen-bond donors (Lipinski definition) is 1. The van der Waals surface area contributed by atoms with Crippen molar-refractivity contribution in [2.45, 2.75) is 32.7 Å².